The number of carbonyl (C=O) groups excluding carboxylic acids is 1. The van der Waals surface area contributed by atoms with Crippen LogP contribution in [0.2, 0.25) is 0 Å². The second kappa shape index (κ2) is 11.5. The number of aromatic nitrogens is 3. The van der Waals surface area contributed by atoms with E-state index in [0.29, 0.717) is 12.5 Å². The zero-order valence-electron chi connectivity index (χ0n) is 12.7. The Morgan fingerprint density at radius 3 is 2.00 bits per heavy atom. The van der Waals surface area contributed by atoms with Crippen molar-refractivity contribution in [1.82, 2.24) is 20.3 Å². The standard InChI is InChI=1S/C7H14N6.C5H12N2O/c1-2-3-4-10-7-12-5(8)11-6(9)13-7;1-2-3-4-7-5(6)8/h2-4H2,1H3,(H5,8,9,10,11,12,13);2-4H2,1H3,(H3,6,7,8). The highest BCUT2D eigenvalue weighted by Crippen LogP contribution is 2.03. The molecule has 9 heteroatoms. The van der Waals surface area contributed by atoms with Gasteiger partial charge in [0, 0.05) is 13.1 Å². The van der Waals surface area contributed by atoms with Crippen molar-refractivity contribution in [3.05, 3.63) is 0 Å². The lowest BCUT2D eigenvalue weighted by molar-refractivity contribution is 0.249. The molecule has 120 valence electrons. The number of hydrogen-bond donors (Lipinski definition) is 5. The number of nitrogens with zero attached hydrogens (tertiary/aromatic N) is 3. The second-order valence-corrected chi connectivity index (χ2v) is 4.30. The first-order valence-corrected chi connectivity index (χ1v) is 7.03. The molecule has 0 bridgehead atoms. The van der Waals surface area contributed by atoms with Crippen LogP contribution >= 0.6 is 0 Å². The predicted molar refractivity (Wildman–Crippen MR) is 84.5 cm³/mol. The fourth-order valence-corrected chi connectivity index (χ4v) is 1.25. The van der Waals surface area contributed by atoms with Crippen molar-refractivity contribution in [3.63, 3.8) is 0 Å². The maximum Gasteiger partial charge on any atom is 0.312 e. The van der Waals surface area contributed by atoms with Crippen molar-refractivity contribution in [2.75, 3.05) is 29.9 Å². The summed E-state index contributed by atoms with van der Waals surface area (Å²) in [7, 11) is 0. The van der Waals surface area contributed by atoms with E-state index in [2.05, 4.69) is 39.4 Å². The highest BCUT2D eigenvalue weighted by molar-refractivity contribution is 5.71. The number of carbonyl (C=O) groups is 1. The Morgan fingerprint density at radius 1 is 1.00 bits per heavy atom. The Balaban J connectivity index is 0.000000433. The molecule has 21 heavy (non-hydrogen) atoms. The fraction of sp³-hybridized carbons (Fsp3) is 0.667. The molecular weight excluding hydrogens is 272 g/mol. The van der Waals surface area contributed by atoms with Crippen LogP contribution in [0.4, 0.5) is 22.6 Å². The van der Waals surface area contributed by atoms with E-state index >= 15 is 0 Å². The van der Waals surface area contributed by atoms with Gasteiger partial charge in [0.25, 0.3) is 0 Å². The first-order chi connectivity index (χ1) is 9.99. The number of anilines is 3. The number of unbranched alkanes of at least 4 members (excludes halogenated alkanes) is 2. The summed E-state index contributed by atoms with van der Waals surface area (Å²) in [6.45, 7) is 5.69. The largest absolute Gasteiger partial charge is 0.368 e. The van der Waals surface area contributed by atoms with Crippen molar-refractivity contribution >= 4 is 23.9 Å². The molecule has 0 aliphatic rings. The number of amides is 2. The van der Waals surface area contributed by atoms with Gasteiger partial charge in [0.2, 0.25) is 17.8 Å². The van der Waals surface area contributed by atoms with Crippen molar-refractivity contribution in [1.29, 1.82) is 0 Å². The highest BCUT2D eigenvalue weighted by atomic mass is 16.2. The van der Waals surface area contributed by atoms with E-state index < -0.39 is 6.03 Å². The Morgan fingerprint density at radius 2 is 1.52 bits per heavy atom. The molecule has 9 nitrogen and oxygen atoms in total. The van der Waals surface area contributed by atoms with Gasteiger partial charge in [-0.2, -0.15) is 15.0 Å². The summed E-state index contributed by atoms with van der Waals surface area (Å²) in [4.78, 5) is 21.4. The molecule has 0 spiro atoms. The molecular formula is C12H26N8O. The van der Waals surface area contributed by atoms with Gasteiger partial charge >= 0.3 is 6.03 Å². The third kappa shape index (κ3) is 11.2. The summed E-state index contributed by atoms with van der Waals surface area (Å²) in [6.07, 6.45) is 4.26. The van der Waals surface area contributed by atoms with Gasteiger partial charge in [-0.05, 0) is 12.8 Å². The van der Waals surface area contributed by atoms with Crippen molar-refractivity contribution < 1.29 is 4.79 Å². The van der Waals surface area contributed by atoms with E-state index in [9.17, 15) is 4.79 Å². The maximum absolute atomic E-state index is 9.99. The SMILES string of the molecule is CCCCNC(N)=O.CCCCNc1nc(N)nc(N)n1. The molecule has 1 rings (SSSR count). The number of nitrogens with one attached hydrogen (secondary N) is 2. The topological polar surface area (TPSA) is 158 Å². The van der Waals surface area contributed by atoms with Crippen LogP contribution in [-0.4, -0.2) is 34.1 Å². The van der Waals surface area contributed by atoms with Crippen LogP contribution in [0.15, 0.2) is 0 Å². The van der Waals surface area contributed by atoms with Gasteiger partial charge in [0.1, 0.15) is 0 Å². The summed E-state index contributed by atoms with van der Waals surface area (Å²) < 4.78 is 0. The molecule has 0 aliphatic carbocycles. The minimum atomic E-state index is -0.432. The molecule has 0 unspecified atom stereocenters. The first-order valence-electron chi connectivity index (χ1n) is 7.03. The molecule has 0 fully saturated rings. The van der Waals surface area contributed by atoms with Crippen LogP contribution in [-0.2, 0) is 0 Å². The summed E-state index contributed by atoms with van der Waals surface area (Å²) in [5, 5.41) is 5.49. The minimum absolute atomic E-state index is 0.145. The van der Waals surface area contributed by atoms with E-state index in [-0.39, 0.29) is 11.9 Å². The van der Waals surface area contributed by atoms with E-state index in [1.54, 1.807) is 0 Å². The lowest BCUT2D eigenvalue weighted by atomic mass is 10.3. The smallest absolute Gasteiger partial charge is 0.312 e. The van der Waals surface area contributed by atoms with Crippen LogP contribution in [0, 0.1) is 0 Å². The number of rotatable bonds is 7. The highest BCUT2D eigenvalue weighted by Gasteiger charge is 1.99. The third-order valence-corrected chi connectivity index (χ3v) is 2.31. The number of primary amides is 1. The maximum atomic E-state index is 9.99. The van der Waals surface area contributed by atoms with Gasteiger partial charge in [-0.3, -0.25) is 0 Å². The molecule has 0 aromatic carbocycles. The molecule has 2 amide bonds. The van der Waals surface area contributed by atoms with Gasteiger partial charge in [-0.25, -0.2) is 4.79 Å². The van der Waals surface area contributed by atoms with E-state index in [0.717, 1.165) is 32.2 Å². The monoisotopic (exact) mass is 298 g/mol. The van der Waals surface area contributed by atoms with Crippen LogP contribution in [0.25, 0.3) is 0 Å². The minimum Gasteiger partial charge on any atom is -0.368 e. The third-order valence-electron chi connectivity index (χ3n) is 2.31. The van der Waals surface area contributed by atoms with Crippen LogP contribution in [0.3, 0.4) is 0 Å². The molecule has 0 atom stereocenters. The van der Waals surface area contributed by atoms with Crippen LogP contribution in [0.1, 0.15) is 39.5 Å². The number of hydrogen-bond acceptors (Lipinski definition) is 7. The normalized spacial score (nSPS) is 9.43. The molecule has 0 saturated carbocycles. The number of nitrogens with two attached hydrogens (primary N) is 3. The summed E-state index contributed by atoms with van der Waals surface area (Å²) in [6, 6.07) is -0.432. The van der Waals surface area contributed by atoms with Crippen molar-refractivity contribution in [2.24, 2.45) is 5.73 Å². The Kier molecular flexibility index (Phi) is 10.2. The predicted octanol–water partition coefficient (Wildman–Crippen LogP) is 0.703. The van der Waals surface area contributed by atoms with E-state index in [4.69, 9.17) is 17.2 Å². The Bertz CT molecular complexity index is 392. The average molecular weight is 298 g/mol. The molecule has 1 heterocycles. The van der Waals surface area contributed by atoms with E-state index in [1.807, 2.05) is 0 Å². The quantitative estimate of drug-likeness (QED) is 0.463. The number of urea groups is 1. The number of nitrogen functional groups attached to an aromatic ring is 2. The summed E-state index contributed by atoms with van der Waals surface area (Å²) >= 11 is 0. The molecule has 0 aliphatic heterocycles. The average Bonchev–Trinajstić information content (AvgIpc) is 2.38. The van der Waals surface area contributed by atoms with Gasteiger partial charge in [-0.15, -0.1) is 0 Å². The van der Waals surface area contributed by atoms with Gasteiger partial charge in [-0.1, -0.05) is 26.7 Å². The van der Waals surface area contributed by atoms with Gasteiger partial charge < -0.3 is 27.8 Å². The van der Waals surface area contributed by atoms with E-state index in [1.165, 1.54) is 0 Å². The van der Waals surface area contributed by atoms with Gasteiger partial charge in [0.05, 0.1) is 0 Å². The zero-order chi connectivity index (χ0) is 16.1. The molecule has 1 aromatic rings. The summed E-state index contributed by atoms with van der Waals surface area (Å²) in [5.74, 6) is 0.733. The Hall–Kier alpha value is -2.32. The van der Waals surface area contributed by atoms with Crippen LogP contribution < -0.4 is 27.8 Å². The van der Waals surface area contributed by atoms with Crippen molar-refractivity contribution in [3.8, 4) is 0 Å². The lowest BCUT2D eigenvalue weighted by Gasteiger charge is -2.03. The fourth-order valence-electron chi connectivity index (χ4n) is 1.25. The van der Waals surface area contributed by atoms with Crippen molar-refractivity contribution in [2.45, 2.75) is 39.5 Å². The Labute approximate surface area is 125 Å². The molecule has 8 N–H and O–H groups in total. The summed E-state index contributed by atoms with van der Waals surface area (Å²) in [5.41, 5.74) is 15.5. The van der Waals surface area contributed by atoms with Gasteiger partial charge in [0.15, 0.2) is 0 Å². The molecule has 0 radical (unpaired) electrons. The zero-order valence-corrected chi connectivity index (χ0v) is 12.7. The van der Waals surface area contributed by atoms with Crippen LogP contribution in [0.5, 0.6) is 0 Å². The lowest BCUT2D eigenvalue weighted by Crippen LogP contribution is -2.29. The molecule has 1 aromatic heterocycles. The molecule has 0 saturated heterocycles. The first kappa shape index (κ1) is 18.7. The second-order valence-electron chi connectivity index (χ2n) is 4.30.